The van der Waals surface area contributed by atoms with Crippen molar-refractivity contribution in [2.45, 2.75) is 20.0 Å². The van der Waals surface area contributed by atoms with E-state index in [0.717, 1.165) is 18.2 Å². The maximum atomic E-state index is 4.55. The first-order valence-corrected chi connectivity index (χ1v) is 7.26. The topological polar surface area (TPSA) is 49.3 Å². The number of nitrogens with zero attached hydrogens (tertiary/aromatic N) is 2. The monoisotopic (exact) mass is 274 g/mol. The van der Waals surface area contributed by atoms with Gasteiger partial charge >= 0.3 is 0 Å². The van der Waals surface area contributed by atoms with Crippen LogP contribution < -0.4 is 10.6 Å². The van der Waals surface area contributed by atoms with E-state index >= 15 is 0 Å². The van der Waals surface area contributed by atoms with Crippen LogP contribution in [0.5, 0.6) is 0 Å². The summed E-state index contributed by atoms with van der Waals surface area (Å²) in [6.07, 6.45) is 0. The van der Waals surface area contributed by atoms with Crippen LogP contribution >= 0.6 is 11.3 Å². The average Bonchev–Trinajstić information content (AvgIpc) is 2.96. The molecule has 0 saturated heterocycles. The summed E-state index contributed by atoms with van der Waals surface area (Å²) in [5.41, 5.74) is 4.08. The molecule has 5 heteroatoms. The summed E-state index contributed by atoms with van der Waals surface area (Å²) < 4.78 is 0. The van der Waals surface area contributed by atoms with Crippen LogP contribution in [0.15, 0.2) is 46.2 Å². The first kappa shape index (κ1) is 13.5. The Hall–Kier alpha value is -1.88. The molecule has 0 aliphatic carbocycles. The van der Waals surface area contributed by atoms with Gasteiger partial charge in [-0.05, 0) is 12.5 Å². The second-order valence-electron chi connectivity index (χ2n) is 4.01. The summed E-state index contributed by atoms with van der Waals surface area (Å²) in [6, 6.07) is 10.2. The highest BCUT2D eigenvalue weighted by molar-refractivity contribution is 7.07. The predicted molar refractivity (Wildman–Crippen MR) is 80.2 cm³/mol. The molecule has 0 unspecified atom stereocenters. The number of hydrogen-bond donors (Lipinski definition) is 2. The molecule has 0 spiro atoms. The van der Waals surface area contributed by atoms with Crippen LogP contribution in [0, 0.1) is 0 Å². The van der Waals surface area contributed by atoms with Crippen molar-refractivity contribution >= 4 is 17.3 Å². The summed E-state index contributed by atoms with van der Waals surface area (Å²) in [6.45, 7) is 4.28. The number of rotatable bonds is 5. The Morgan fingerprint density at radius 1 is 1.26 bits per heavy atom. The van der Waals surface area contributed by atoms with Gasteiger partial charge in [0.25, 0.3) is 0 Å². The molecule has 0 bridgehead atoms. The third-order valence-corrected chi connectivity index (χ3v) is 3.16. The van der Waals surface area contributed by atoms with Gasteiger partial charge in [-0.3, -0.25) is 0 Å². The molecule has 1 heterocycles. The zero-order valence-electron chi connectivity index (χ0n) is 11.0. The fourth-order valence-corrected chi connectivity index (χ4v) is 2.15. The van der Waals surface area contributed by atoms with E-state index in [-0.39, 0.29) is 0 Å². The fourth-order valence-electron chi connectivity index (χ4n) is 1.59. The number of aromatic nitrogens is 1. The first-order chi connectivity index (χ1) is 9.38. The second-order valence-corrected chi connectivity index (χ2v) is 4.73. The molecule has 0 radical (unpaired) electrons. The van der Waals surface area contributed by atoms with Crippen LogP contribution in [0.1, 0.15) is 18.2 Å². The lowest BCUT2D eigenvalue weighted by Gasteiger charge is -2.10. The molecule has 0 saturated carbocycles. The van der Waals surface area contributed by atoms with E-state index in [4.69, 9.17) is 0 Å². The van der Waals surface area contributed by atoms with Crippen molar-refractivity contribution in [1.29, 1.82) is 0 Å². The molecule has 1 aromatic carbocycles. The zero-order valence-corrected chi connectivity index (χ0v) is 11.8. The summed E-state index contributed by atoms with van der Waals surface area (Å²) in [5.74, 6) is 0.819. The van der Waals surface area contributed by atoms with Crippen LogP contribution in [0.25, 0.3) is 0 Å². The zero-order chi connectivity index (χ0) is 13.3. The third kappa shape index (κ3) is 4.71. The van der Waals surface area contributed by atoms with Crippen LogP contribution in [0.2, 0.25) is 0 Å². The van der Waals surface area contributed by atoms with E-state index < -0.39 is 0 Å². The minimum Gasteiger partial charge on any atom is -0.357 e. The highest BCUT2D eigenvalue weighted by atomic mass is 32.1. The summed E-state index contributed by atoms with van der Waals surface area (Å²) in [5, 5.41) is 8.54. The molecule has 19 heavy (non-hydrogen) atoms. The van der Waals surface area contributed by atoms with Gasteiger partial charge in [-0.2, -0.15) is 0 Å². The van der Waals surface area contributed by atoms with Crippen molar-refractivity contribution < 1.29 is 0 Å². The van der Waals surface area contributed by atoms with E-state index in [1.807, 2.05) is 29.1 Å². The van der Waals surface area contributed by atoms with Crippen molar-refractivity contribution in [3.63, 3.8) is 0 Å². The van der Waals surface area contributed by atoms with Crippen LogP contribution in [-0.4, -0.2) is 17.5 Å². The molecule has 1 aromatic heterocycles. The molecule has 0 fully saturated rings. The maximum absolute atomic E-state index is 4.55. The van der Waals surface area contributed by atoms with Gasteiger partial charge in [0.15, 0.2) is 5.96 Å². The fraction of sp³-hybridized carbons (Fsp3) is 0.286. The summed E-state index contributed by atoms with van der Waals surface area (Å²) >= 11 is 1.60. The smallest absolute Gasteiger partial charge is 0.191 e. The average molecular weight is 274 g/mol. The highest BCUT2D eigenvalue weighted by Crippen LogP contribution is 2.01. The molecular weight excluding hydrogens is 256 g/mol. The quantitative estimate of drug-likeness (QED) is 0.650. The molecule has 100 valence electrons. The number of guanidine groups is 1. The lowest BCUT2D eigenvalue weighted by Crippen LogP contribution is -2.36. The van der Waals surface area contributed by atoms with Crippen molar-refractivity contribution in [2.75, 3.05) is 6.54 Å². The van der Waals surface area contributed by atoms with Gasteiger partial charge < -0.3 is 10.6 Å². The SMILES string of the molecule is CCNC(=NCc1ccccc1)NCc1cscn1. The minimum absolute atomic E-state index is 0.674. The normalized spacial score (nSPS) is 11.3. The molecule has 0 aliphatic rings. The van der Waals surface area contributed by atoms with Gasteiger partial charge in [-0.15, -0.1) is 11.3 Å². The van der Waals surface area contributed by atoms with Gasteiger partial charge in [0, 0.05) is 11.9 Å². The Labute approximate surface area is 117 Å². The molecule has 0 atom stereocenters. The molecule has 2 N–H and O–H groups in total. The third-order valence-electron chi connectivity index (χ3n) is 2.53. The lowest BCUT2D eigenvalue weighted by atomic mass is 10.2. The van der Waals surface area contributed by atoms with Crippen molar-refractivity contribution in [3.05, 3.63) is 52.5 Å². The minimum atomic E-state index is 0.674. The van der Waals surface area contributed by atoms with Crippen molar-refractivity contribution in [2.24, 2.45) is 4.99 Å². The Balaban J connectivity index is 1.91. The van der Waals surface area contributed by atoms with E-state index in [9.17, 15) is 0 Å². The number of aliphatic imine (C=N–C) groups is 1. The number of thiazole rings is 1. The molecule has 0 amide bonds. The summed E-state index contributed by atoms with van der Waals surface area (Å²) in [7, 11) is 0. The van der Waals surface area contributed by atoms with Crippen LogP contribution in [0.4, 0.5) is 0 Å². The summed E-state index contributed by atoms with van der Waals surface area (Å²) in [4.78, 5) is 8.79. The Morgan fingerprint density at radius 2 is 2.11 bits per heavy atom. The molecule has 0 aliphatic heterocycles. The van der Waals surface area contributed by atoms with Gasteiger partial charge in [0.05, 0.1) is 24.3 Å². The molecule has 2 rings (SSSR count). The molecular formula is C14H18N4S. The largest absolute Gasteiger partial charge is 0.357 e. The molecule has 4 nitrogen and oxygen atoms in total. The second kappa shape index (κ2) is 7.53. The van der Waals surface area contributed by atoms with Crippen molar-refractivity contribution in [1.82, 2.24) is 15.6 Å². The Kier molecular flexibility index (Phi) is 5.37. The number of nitrogens with one attached hydrogen (secondary N) is 2. The van der Waals surface area contributed by atoms with E-state index in [1.165, 1.54) is 5.56 Å². The highest BCUT2D eigenvalue weighted by Gasteiger charge is 1.99. The van der Waals surface area contributed by atoms with Crippen LogP contribution in [-0.2, 0) is 13.1 Å². The van der Waals surface area contributed by atoms with Gasteiger partial charge in [-0.1, -0.05) is 30.3 Å². The van der Waals surface area contributed by atoms with Gasteiger partial charge in [0.1, 0.15) is 0 Å². The predicted octanol–water partition coefficient (Wildman–Crippen LogP) is 2.40. The Bertz CT molecular complexity index is 493. The number of benzene rings is 1. The molecule has 2 aromatic rings. The van der Waals surface area contributed by atoms with E-state index in [0.29, 0.717) is 13.1 Å². The standard InChI is InChI=1S/C14H18N4S/c1-2-15-14(17-9-13-10-19-11-18-13)16-8-12-6-4-3-5-7-12/h3-7,10-11H,2,8-9H2,1H3,(H2,15,16,17). The van der Waals surface area contributed by atoms with E-state index in [1.54, 1.807) is 11.3 Å². The van der Waals surface area contributed by atoms with Gasteiger partial charge in [0.2, 0.25) is 0 Å². The lowest BCUT2D eigenvalue weighted by molar-refractivity contribution is 0.804. The van der Waals surface area contributed by atoms with Crippen LogP contribution in [0.3, 0.4) is 0 Å². The number of hydrogen-bond acceptors (Lipinski definition) is 3. The maximum Gasteiger partial charge on any atom is 0.191 e. The van der Waals surface area contributed by atoms with E-state index in [2.05, 4.69) is 39.7 Å². The Morgan fingerprint density at radius 3 is 2.79 bits per heavy atom. The first-order valence-electron chi connectivity index (χ1n) is 6.31. The van der Waals surface area contributed by atoms with Crippen molar-refractivity contribution in [3.8, 4) is 0 Å². The van der Waals surface area contributed by atoms with Gasteiger partial charge in [-0.25, -0.2) is 9.98 Å².